The van der Waals surface area contributed by atoms with Crippen molar-refractivity contribution in [2.45, 2.75) is 6.54 Å². The van der Waals surface area contributed by atoms with E-state index in [9.17, 15) is 0 Å². The molecular formula is C16H14Cl2N4. The third-order valence-electron chi connectivity index (χ3n) is 3.29. The van der Waals surface area contributed by atoms with E-state index in [2.05, 4.69) is 22.4 Å². The molecule has 0 radical (unpaired) electrons. The maximum atomic E-state index is 6.20. The van der Waals surface area contributed by atoms with Crippen molar-refractivity contribution >= 4 is 29.0 Å². The van der Waals surface area contributed by atoms with Gasteiger partial charge in [-0.05, 0) is 23.8 Å². The smallest absolute Gasteiger partial charge is 0.171 e. The van der Waals surface area contributed by atoms with E-state index in [-0.39, 0.29) is 0 Å². The number of nitrogens with zero attached hydrogens (tertiary/aromatic N) is 4. The Morgan fingerprint density at radius 2 is 1.86 bits per heavy atom. The topological polar surface area (TPSA) is 34.0 Å². The van der Waals surface area contributed by atoms with Crippen LogP contribution in [0.25, 0.3) is 5.69 Å². The third kappa shape index (κ3) is 3.24. The molecule has 1 heterocycles. The molecule has 0 N–H and O–H groups in total. The monoisotopic (exact) mass is 332 g/mol. The molecule has 0 fully saturated rings. The predicted octanol–water partition coefficient (Wildman–Crippen LogP) is 4.21. The lowest BCUT2D eigenvalue weighted by Crippen LogP contribution is -2.16. The molecule has 112 valence electrons. The normalized spacial score (nSPS) is 10.7. The van der Waals surface area contributed by atoms with Crippen LogP contribution in [0.15, 0.2) is 54.7 Å². The van der Waals surface area contributed by atoms with Gasteiger partial charge in [-0.3, -0.25) is 0 Å². The number of hydrogen-bond acceptors (Lipinski definition) is 3. The summed E-state index contributed by atoms with van der Waals surface area (Å²) >= 11 is 12.1. The molecule has 0 aliphatic rings. The standard InChI is InChI=1S/C16H14Cl2N4/c1-21(10-12-5-3-2-4-6-12)16-11-22(20-19-16)15-8-7-13(17)9-14(15)18/h2-9,11H,10H2,1H3. The van der Waals surface area contributed by atoms with Gasteiger partial charge in [0.2, 0.25) is 0 Å². The number of halogens is 2. The molecule has 0 atom stereocenters. The van der Waals surface area contributed by atoms with E-state index in [0.29, 0.717) is 10.0 Å². The summed E-state index contributed by atoms with van der Waals surface area (Å²) in [4.78, 5) is 2.03. The molecule has 0 amide bonds. The second kappa shape index (κ2) is 6.38. The molecule has 0 saturated carbocycles. The minimum absolute atomic E-state index is 0.537. The summed E-state index contributed by atoms with van der Waals surface area (Å²) in [6.45, 7) is 0.758. The third-order valence-corrected chi connectivity index (χ3v) is 3.83. The molecular weight excluding hydrogens is 319 g/mol. The van der Waals surface area contributed by atoms with E-state index in [4.69, 9.17) is 23.2 Å². The van der Waals surface area contributed by atoms with Crippen LogP contribution in [0.3, 0.4) is 0 Å². The van der Waals surface area contributed by atoms with E-state index in [1.807, 2.05) is 42.4 Å². The van der Waals surface area contributed by atoms with Gasteiger partial charge in [0.15, 0.2) is 5.82 Å². The number of hydrogen-bond donors (Lipinski definition) is 0. The molecule has 0 saturated heterocycles. The Labute approximate surface area is 138 Å². The van der Waals surface area contributed by atoms with Crippen LogP contribution in [0.4, 0.5) is 5.82 Å². The molecule has 0 unspecified atom stereocenters. The lowest BCUT2D eigenvalue weighted by atomic mass is 10.2. The van der Waals surface area contributed by atoms with Crippen molar-refractivity contribution in [2.75, 3.05) is 11.9 Å². The van der Waals surface area contributed by atoms with Crippen molar-refractivity contribution < 1.29 is 0 Å². The minimum Gasteiger partial charge on any atom is -0.353 e. The van der Waals surface area contributed by atoms with Crippen molar-refractivity contribution in [2.24, 2.45) is 0 Å². The number of benzene rings is 2. The predicted molar refractivity (Wildman–Crippen MR) is 89.9 cm³/mol. The molecule has 6 heteroatoms. The fourth-order valence-electron chi connectivity index (χ4n) is 2.15. The summed E-state index contributed by atoms with van der Waals surface area (Å²) in [7, 11) is 1.98. The fourth-order valence-corrected chi connectivity index (χ4v) is 2.65. The van der Waals surface area contributed by atoms with Gasteiger partial charge in [0.25, 0.3) is 0 Å². The molecule has 3 rings (SSSR count). The average Bonchev–Trinajstić information content (AvgIpc) is 2.98. The zero-order valence-electron chi connectivity index (χ0n) is 11.9. The van der Waals surface area contributed by atoms with Crippen LogP contribution in [-0.2, 0) is 6.54 Å². The first-order valence-electron chi connectivity index (χ1n) is 6.76. The van der Waals surface area contributed by atoms with Crippen molar-refractivity contribution in [3.63, 3.8) is 0 Å². The van der Waals surface area contributed by atoms with Gasteiger partial charge in [0.05, 0.1) is 16.9 Å². The highest BCUT2D eigenvalue weighted by atomic mass is 35.5. The van der Waals surface area contributed by atoms with Crippen LogP contribution >= 0.6 is 23.2 Å². The Bertz CT molecular complexity index is 771. The molecule has 1 aromatic heterocycles. The Balaban J connectivity index is 1.81. The van der Waals surface area contributed by atoms with Crippen LogP contribution in [-0.4, -0.2) is 22.0 Å². The summed E-state index contributed by atoms with van der Waals surface area (Å²) in [6, 6.07) is 15.5. The quantitative estimate of drug-likeness (QED) is 0.717. The Morgan fingerprint density at radius 3 is 2.59 bits per heavy atom. The van der Waals surface area contributed by atoms with Crippen LogP contribution in [0.5, 0.6) is 0 Å². The maximum Gasteiger partial charge on any atom is 0.171 e. The van der Waals surface area contributed by atoms with Crippen LogP contribution in [0, 0.1) is 0 Å². The van der Waals surface area contributed by atoms with Gasteiger partial charge >= 0.3 is 0 Å². The van der Waals surface area contributed by atoms with E-state index < -0.39 is 0 Å². The Hall–Kier alpha value is -2.04. The van der Waals surface area contributed by atoms with Crippen molar-refractivity contribution in [3.8, 4) is 5.69 Å². The summed E-state index contributed by atoms with van der Waals surface area (Å²) in [6.07, 6.45) is 1.85. The SMILES string of the molecule is CN(Cc1ccccc1)c1cn(-c2ccc(Cl)cc2Cl)nn1. The molecule has 4 nitrogen and oxygen atoms in total. The average molecular weight is 333 g/mol. The Morgan fingerprint density at radius 1 is 1.09 bits per heavy atom. The highest BCUT2D eigenvalue weighted by Gasteiger charge is 2.10. The molecule has 22 heavy (non-hydrogen) atoms. The first-order valence-corrected chi connectivity index (χ1v) is 7.52. The largest absolute Gasteiger partial charge is 0.353 e. The van der Waals surface area contributed by atoms with Crippen LogP contribution < -0.4 is 4.90 Å². The molecule has 2 aromatic carbocycles. The Kier molecular flexibility index (Phi) is 4.32. The van der Waals surface area contributed by atoms with Gasteiger partial charge in [-0.15, -0.1) is 5.10 Å². The van der Waals surface area contributed by atoms with Gasteiger partial charge in [0.1, 0.15) is 0 Å². The zero-order chi connectivity index (χ0) is 15.5. The van der Waals surface area contributed by atoms with Crippen molar-refractivity contribution in [3.05, 3.63) is 70.3 Å². The molecule has 0 bridgehead atoms. The lowest BCUT2D eigenvalue weighted by Gasteiger charge is -2.15. The highest BCUT2D eigenvalue weighted by molar-refractivity contribution is 6.35. The van der Waals surface area contributed by atoms with E-state index in [1.54, 1.807) is 16.8 Å². The summed E-state index contributed by atoms with van der Waals surface area (Å²) in [5.41, 5.74) is 1.96. The van der Waals surface area contributed by atoms with Gasteiger partial charge in [-0.25, -0.2) is 4.68 Å². The zero-order valence-corrected chi connectivity index (χ0v) is 13.5. The van der Waals surface area contributed by atoms with Gasteiger partial charge in [0, 0.05) is 18.6 Å². The molecule has 0 aliphatic carbocycles. The summed E-state index contributed by atoms with van der Waals surface area (Å²) in [5, 5.41) is 9.47. The first kappa shape index (κ1) is 14.9. The van der Waals surface area contributed by atoms with Gasteiger partial charge < -0.3 is 4.90 Å². The minimum atomic E-state index is 0.537. The van der Waals surface area contributed by atoms with E-state index in [1.165, 1.54) is 5.56 Å². The maximum absolute atomic E-state index is 6.20. The second-order valence-corrected chi connectivity index (χ2v) is 5.80. The molecule has 0 spiro atoms. The van der Waals surface area contributed by atoms with Gasteiger partial charge in [-0.2, -0.15) is 0 Å². The van der Waals surface area contributed by atoms with Crippen molar-refractivity contribution in [1.29, 1.82) is 0 Å². The second-order valence-electron chi connectivity index (χ2n) is 4.96. The lowest BCUT2D eigenvalue weighted by molar-refractivity contribution is 0.798. The van der Waals surface area contributed by atoms with Crippen molar-refractivity contribution in [1.82, 2.24) is 15.0 Å². The van der Waals surface area contributed by atoms with Crippen LogP contribution in [0.2, 0.25) is 10.0 Å². The number of aromatic nitrogens is 3. The van der Waals surface area contributed by atoms with Crippen LogP contribution in [0.1, 0.15) is 5.56 Å². The fraction of sp³-hybridized carbons (Fsp3) is 0.125. The number of rotatable bonds is 4. The highest BCUT2D eigenvalue weighted by Crippen LogP contribution is 2.24. The molecule has 3 aromatic rings. The summed E-state index contributed by atoms with van der Waals surface area (Å²) in [5.74, 6) is 0.773. The van der Waals surface area contributed by atoms with E-state index in [0.717, 1.165) is 18.1 Å². The molecule has 0 aliphatic heterocycles. The summed E-state index contributed by atoms with van der Waals surface area (Å²) < 4.78 is 1.65. The first-order chi connectivity index (χ1) is 10.6. The number of anilines is 1. The van der Waals surface area contributed by atoms with E-state index >= 15 is 0 Å². The van der Waals surface area contributed by atoms with Gasteiger partial charge in [-0.1, -0.05) is 58.7 Å².